The van der Waals surface area contributed by atoms with E-state index in [0.717, 1.165) is 30.3 Å². The molecule has 0 bridgehead atoms. The predicted molar refractivity (Wildman–Crippen MR) is 110 cm³/mol. The van der Waals surface area contributed by atoms with Crippen LogP contribution < -0.4 is 5.32 Å². The number of anilines is 1. The third kappa shape index (κ3) is 4.87. The maximum Gasteiger partial charge on any atom is 0.416 e. The van der Waals surface area contributed by atoms with Crippen molar-refractivity contribution in [2.45, 2.75) is 45.5 Å². The van der Waals surface area contributed by atoms with Crippen LogP contribution in [0.4, 0.5) is 18.9 Å². The minimum atomic E-state index is -4.50. The quantitative estimate of drug-likeness (QED) is 0.752. The SMILES string of the molecule is Cc1cc(C(=O)Nc2ccc(CN(C)C)c(C(F)(F)F)c2)c(C)n1C1CCOCC1. The van der Waals surface area contributed by atoms with Crippen molar-refractivity contribution < 1.29 is 22.7 Å². The second-order valence-electron chi connectivity index (χ2n) is 8.06. The van der Waals surface area contributed by atoms with E-state index in [9.17, 15) is 18.0 Å². The van der Waals surface area contributed by atoms with Gasteiger partial charge in [-0.2, -0.15) is 13.2 Å². The average Bonchev–Trinajstić information content (AvgIpc) is 2.96. The van der Waals surface area contributed by atoms with Gasteiger partial charge < -0.3 is 19.5 Å². The molecule has 2 heterocycles. The highest BCUT2D eigenvalue weighted by molar-refractivity contribution is 6.05. The molecule has 1 fully saturated rings. The minimum Gasteiger partial charge on any atom is -0.381 e. The fourth-order valence-corrected chi connectivity index (χ4v) is 4.11. The number of aryl methyl sites for hydroxylation is 1. The molecule has 0 atom stereocenters. The molecule has 1 aliphatic heterocycles. The lowest BCUT2D eigenvalue weighted by atomic mass is 10.1. The zero-order valence-electron chi connectivity index (χ0n) is 17.8. The van der Waals surface area contributed by atoms with Gasteiger partial charge in [-0.3, -0.25) is 4.79 Å². The molecule has 164 valence electrons. The predicted octanol–water partition coefficient (Wildman–Crippen LogP) is 4.79. The van der Waals surface area contributed by atoms with E-state index in [2.05, 4.69) is 9.88 Å². The summed E-state index contributed by atoms with van der Waals surface area (Å²) in [6, 6.07) is 6.01. The van der Waals surface area contributed by atoms with Crippen molar-refractivity contribution >= 4 is 11.6 Å². The second kappa shape index (κ2) is 8.81. The van der Waals surface area contributed by atoms with E-state index in [0.29, 0.717) is 18.8 Å². The first-order valence-corrected chi connectivity index (χ1v) is 10.00. The molecule has 1 aliphatic rings. The van der Waals surface area contributed by atoms with E-state index in [-0.39, 0.29) is 23.8 Å². The smallest absolute Gasteiger partial charge is 0.381 e. The van der Waals surface area contributed by atoms with Crippen LogP contribution in [-0.2, 0) is 17.5 Å². The molecule has 30 heavy (non-hydrogen) atoms. The van der Waals surface area contributed by atoms with Gasteiger partial charge in [-0.25, -0.2) is 0 Å². The largest absolute Gasteiger partial charge is 0.416 e. The van der Waals surface area contributed by atoms with Gasteiger partial charge in [0.15, 0.2) is 0 Å². The number of benzene rings is 1. The standard InChI is InChI=1S/C22H28F3N3O2/c1-14-11-19(15(2)28(14)18-7-9-30-10-8-18)21(29)26-17-6-5-16(13-27(3)4)20(12-17)22(23,24)25/h5-6,11-12,18H,7-10,13H2,1-4H3,(H,26,29). The van der Waals surface area contributed by atoms with E-state index in [1.54, 1.807) is 25.1 Å². The third-order valence-electron chi connectivity index (χ3n) is 5.44. The zero-order valence-corrected chi connectivity index (χ0v) is 17.8. The lowest BCUT2D eigenvalue weighted by molar-refractivity contribution is -0.138. The number of ether oxygens (including phenoxy) is 1. The number of rotatable bonds is 5. The van der Waals surface area contributed by atoms with E-state index in [1.165, 1.54) is 12.1 Å². The molecule has 0 unspecified atom stereocenters. The molecular formula is C22H28F3N3O2. The molecule has 1 aromatic carbocycles. The molecule has 2 aromatic rings. The first-order valence-electron chi connectivity index (χ1n) is 10.00. The first-order chi connectivity index (χ1) is 14.1. The molecule has 5 nitrogen and oxygen atoms in total. The second-order valence-corrected chi connectivity index (χ2v) is 8.06. The number of aromatic nitrogens is 1. The lowest BCUT2D eigenvalue weighted by Gasteiger charge is -2.26. The van der Waals surface area contributed by atoms with Crippen molar-refractivity contribution in [2.24, 2.45) is 0 Å². The number of nitrogens with zero attached hydrogens (tertiary/aromatic N) is 2. The van der Waals surface area contributed by atoms with Gasteiger partial charge in [-0.1, -0.05) is 6.07 Å². The van der Waals surface area contributed by atoms with Crippen LogP contribution in [0.5, 0.6) is 0 Å². The maximum absolute atomic E-state index is 13.5. The van der Waals surface area contributed by atoms with E-state index in [1.807, 2.05) is 13.8 Å². The summed E-state index contributed by atoms with van der Waals surface area (Å²) in [5, 5.41) is 2.64. The van der Waals surface area contributed by atoms with Crippen LogP contribution in [0.1, 0.15) is 51.8 Å². The van der Waals surface area contributed by atoms with Crippen molar-refractivity contribution in [3.63, 3.8) is 0 Å². The van der Waals surface area contributed by atoms with Gasteiger partial charge in [-0.15, -0.1) is 0 Å². The van der Waals surface area contributed by atoms with Crippen LogP contribution in [0.2, 0.25) is 0 Å². The number of hydrogen-bond donors (Lipinski definition) is 1. The number of carbonyl (C=O) groups excluding carboxylic acids is 1. The van der Waals surface area contributed by atoms with Crippen LogP contribution in [-0.4, -0.2) is 42.7 Å². The topological polar surface area (TPSA) is 46.5 Å². The third-order valence-corrected chi connectivity index (χ3v) is 5.44. The fourth-order valence-electron chi connectivity index (χ4n) is 4.11. The van der Waals surface area contributed by atoms with E-state index in [4.69, 9.17) is 4.74 Å². The van der Waals surface area contributed by atoms with Crippen LogP contribution in [0.3, 0.4) is 0 Å². The fraction of sp³-hybridized carbons (Fsp3) is 0.500. The summed E-state index contributed by atoms with van der Waals surface area (Å²) < 4.78 is 48.1. The molecule has 8 heteroatoms. The van der Waals surface area contributed by atoms with Gasteiger partial charge in [0.1, 0.15) is 0 Å². The molecule has 0 aliphatic carbocycles. The maximum atomic E-state index is 13.5. The number of hydrogen-bond acceptors (Lipinski definition) is 3. The van der Waals surface area contributed by atoms with Crippen molar-refractivity contribution in [1.29, 1.82) is 0 Å². The number of nitrogens with one attached hydrogen (secondary N) is 1. The van der Waals surface area contributed by atoms with Crippen LogP contribution in [0.15, 0.2) is 24.3 Å². The Balaban J connectivity index is 1.86. The van der Waals surface area contributed by atoms with Crippen molar-refractivity contribution in [2.75, 3.05) is 32.6 Å². The number of halogens is 3. The summed E-state index contributed by atoms with van der Waals surface area (Å²) in [5.41, 5.74) is 1.82. The van der Waals surface area contributed by atoms with Gasteiger partial charge in [0.05, 0.1) is 11.1 Å². The minimum absolute atomic E-state index is 0.130. The summed E-state index contributed by atoms with van der Waals surface area (Å²) in [7, 11) is 3.42. The van der Waals surface area contributed by atoms with Gasteiger partial charge in [0, 0.05) is 42.9 Å². The summed E-state index contributed by atoms with van der Waals surface area (Å²) in [6.07, 6.45) is -2.75. The van der Waals surface area contributed by atoms with Crippen molar-refractivity contribution in [3.05, 3.63) is 52.3 Å². The number of amides is 1. The highest BCUT2D eigenvalue weighted by Crippen LogP contribution is 2.35. The Morgan fingerprint density at radius 1 is 1.20 bits per heavy atom. The summed E-state index contributed by atoms with van der Waals surface area (Å²) in [4.78, 5) is 14.5. The number of alkyl halides is 3. The van der Waals surface area contributed by atoms with Gasteiger partial charge in [0.2, 0.25) is 0 Å². The Hall–Kier alpha value is -2.32. The Labute approximate surface area is 174 Å². The van der Waals surface area contributed by atoms with Gasteiger partial charge in [0.25, 0.3) is 5.91 Å². The Morgan fingerprint density at radius 2 is 1.87 bits per heavy atom. The molecule has 1 aromatic heterocycles. The highest BCUT2D eigenvalue weighted by Gasteiger charge is 2.34. The zero-order chi connectivity index (χ0) is 22.1. The number of carbonyl (C=O) groups is 1. The summed E-state index contributed by atoms with van der Waals surface area (Å²) >= 11 is 0. The average molecular weight is 423 g/mol. The monoisotopic (exact) mass is 423 g/mol. The van der Waals surface area contributed by atoms with Crippen molar-refractivity contribution in [3.8, 4) is 0 Å². The molecule has 1 amide bonds. The molecule has 0 radical (unpaired) electrons. The Bertz CT molecular complexity index is 913. The molecule has 3 rings (SSSR count). The van der Waals surface area contributed by atoms with E-state index < -0.39 is 17.6 Å². The highest BCUT2D eigenvalue weighted by atomic mass is 19.4. The Morgan fingerprint density at radius 3 is 2.47 bits per heavy atom. The molecule has 1 N–H and O–H groups in total. The van der Waals surface area contributed by atoms with Gasteiger partial charge in [-0.05, 0) is 64.5 Å². The Kier molecular flexibility index (Phi) is 6.57. The lowest BCUT2D eigenvalue weighted by Crippen LogP contribution is -2.22. The molecule has 0 saturated carbocycles. The van der Waals surface area contributed by atoms with Crippen molar-refractivity contribution in [1.82, 2.24) is 9.47 Å². The van der Waals surface area contributed by atoms with Crippen LogP contribution in [0, 0.1) is 13.8 Å². The van der Waals surface area contributed by atoms with Gasteiger partial charge >= 0.3 is 6.18 Å². The molecular weight excluding hydrogens is 395 g/mol. The van der Waals surface area contributed by atoms with Crippen LogP contribution >= 0.6 is 0 Å². The molecule has 1 saturated heterocycles. The molecule has 0 spiro atoms. The summed E-state index contributed by atoms with van der Waals surface area (Å²) in [5.74, 6) is -0.408. The van der Waals surface area contributed by atoms with E-state index >= 15 is 0 Å². The normalized spacial score (nSPS) is 15.6. The first kappa shape index (κ1) is 22.4. The van der Waals surface area contributed by atoms with Crippen LogP contribution in [0.25, 0.3) is 0 Å². The summed E-state index contributed by atoms with van der Waals surface area (Å²) in [6.45, 7) is 5.34.